The van der Waals surface area contributed by atoms with Gasteiger partial charge < -0.3 is 9.73 Å². The first-order valence-corrected chi connectivity index (χ1v) is 6.97. The summed E-state index contributed by atoms with van der Waals surface area (Å²) in [6, 6.07) is 4.99. The molecule has 108 valence electrons. The Morgan fingerprint density at radius 1 is 1.50 bits per heavy atom. The zero-order valence-corrected chi connectivity index (χ0v) is 12.2. The third kappa shape index (κ3) is 3.22. The average Bonchev–Trinajstić information content (AvgIpc) is 2.65. The van der Waals surface area contributed by atoms with Gasteiger partial charge in [-0.2, -0.15) is 0 Å². The Morgan fingerprint density at radius 3 is 2.95 bits per heavy atom. The van der Waals surface area contributed by atoms with E-state index in [2.05, 4.69) is 12.2 Å². The number of fused-ring (bicyclic) bond motifs is 1. The summed E-state index contributed by atoms with van der Waals surface area (Å²) in [5.74, 6) is -0.758. The lowest BCUT2D eigenvalue weighted by molar-refractivity contribution is -0.122. The van der Waals surface area contributed by atoms with Crippen LogP contribution in [0, 0.1) is 0 Å². The summed E-state index contributed by atoms with van der Waals surface area (Å²) in [5, 5.41) is 3.34. The highest BCUT2D eigenvalue weighted by Crippen LogP contribution is 2.18. The first kappa shape index (κ1) is 14.7. The van der Waals surface area contributed by atoms with E-state index in [0.717, 1.165) is 12.8 Å². The Hall–Kier alpha value is -1.75. The van der Waals surface area contributed by atoms with Crippen molar-refractivity contribution in [2.45, 2.75) is 39.3 Å². The molecule has 1 atom stereocenters. The molecule has 0 radical (unpaired) electrons. The van der Waals surface area contributed by atoms with Gasteiger partial charge in [0.25, 0.3) is 0 Å². The Bertz CT molecular complexity index is 675. The monoisotopic (exact) mass is 296 g/mol. The molecule has 1 N–H and O–H groups in total. The average molecular weight is 297 g/mol. The topological polar surface area (TPSA) is 64.2 Å². The second-order valence-corrected chi connectivity index (χ2v) is 5.26. The maximum Gasteiger partial charge on any atom is 0.420 e. The van der Waals surface area contributed by atoms with Gasteiger partial charge in [0.15, 0.2) is 5.58 Å². The quantitative estimate of drug-likeness (QED) is 0.922. The third-order valence-corrected chi connectivity index (χ3v) is 3.30. The first-order chi connectivity index (χ1) is 9.51. The molecular formula is C14H17ClN2O3. The molecule has 1 heterocycles. The lowest BCUT2D eigenvalue weighted by Gasteiger charge is -2.12. The molecule has 2 aromatic rings. The zero-order valence-electron chi connectivity index (χ0n) is 11.5. The van der Waals surface area contributed by atoms with E-state index in [1.165, 1.54) is 4.57 Å². The molecule has 5 nitrogen and oxygen atoms in total. The number of hydrogen-bond acceptors (Lipinski definition) is 3. The molecular weight excluding hydrogens is 280 g/mol. The summed E-state index contributed by atoms with van der Waals surface area (Å²) in [6.07, 6.45) is 1.90. The number of hydrogen-bond donors (Lipinski definition) is 1. The minimum atomic E-state index is -0.555. The number of rotatable bonds is 5. The van der Waals surface area contributed by atoms with E-state index in [1.54, 1.807) is 18.2 Å². The zero-order chi connectivity index (χ0) is 14.7. The van der Waals surface area contributed by atoms with Crippen molar-refractivity contribution in [3.8, 4) is 0 Å². The van der Waals surface area contributed by atoms with Crippen LogP contribution in [0.3, 0.4) is 0 Å². The highest BCUT2D eigenvalue weighted by Gasteiger charge is 2.14. The lowest BCUT2D eigenvalue weighted by Crippen LogP contribution is -2.36. The van der Waals surface area contributed by atoms with Gasteiger partial charge in [0.1, 0.15) is 6.54 Å². The van der Waals surface area contributed by atoms with Crippen LogP contribution in [-0.4, -0.2) is 16.5 Å². The Morgan fingerprint density at radius 2 is 2.25 bits per heavy atom. The minimum absolute atomic E-state index is 0.0540. The Balaban J connectivity index is 2.19. The van der Waals surface area contributed by atoms with Crippen molar-refractivity contribution >= 4 is 28.6 Å². The summed E-state index contributed by atoms with van der Waals surface area (Å²) in [4.78, 5) is 23.7. The number of halogens is 1. The first-order valence-electron chi connectivity index (χ1n) is 6.59. The summed E-state index contributed by atoms with van der Waals surface area (Å²) in [5.41, 5.74) is 0.953. The predicted molar refractivity (Wildman–Crippen MR) is 78.0 cm³/mol. The third-order valence-electron chi connectivity index (χ3n) is 3.06. The second kappa shape index (κ2) is 6.13. The van der Waals surface area contributed by atoms with Crippen LogP contribution in [0.2, 0.25) is 5.02 Å². The Kier molecular flexibility index (Phi) is 4.49. The number of carbonyl (C=O) groups excluding carboxylic acids is 1. The molecule has 0 aliphatic carbocycles. The van der Waals surface area contributed by atoms with Crippen molar-refractivity contribution in [1.29, 1.82) is 0 Å². The molecule has 0 unspecified atom stereocenters. The van der Waals surface area contributed by atoms with Crippen molar-refractivity contribution in [1.82, 2.24) is 9.88 Å². The SMILES string of the molecule is CCC[C@H](C)NC(=O)Cn1c(=O)oc2cc(Cl)ccc21. The fourth-order valence-electron chi connectivity index (χ4n) is 2.16. The van der Waals surface area contributed by atoms with E-state index in [1.807, 2.05) is 6.92 Å². The fourth-order valence-corrected chi connectivity index (χ4v) is 2.32. The minimum Gasteiger partial charge on any atom is -0.408 e. The summed E-state index contributed by atoms with van der Waals surface area (Å²) in [7, 11) is 0. The van der Waals surface area contributed by atoms with E-state index >= 15 is 0 Å². The van der Waals surface area contributed by atoms with Crippen LogP contribution in [0.4, 0.5) is 0 Å². The van der Waals surface area contributed by atoms with Crippen LogP contribution < -0.4 is 11.1 Å². The van der Waals surface area contributed by atoms with Crippen molar-refractivity contribution in [2.75, 3.05) is 0 Å². The van der Waals surface area contributed by atoms with Crippen LogP contribution in [-0.2, 0) is 11.3 Å². The fraction of sp³-hybridized carbons (Fsp3) is 0.429. The van der Waals surface area contributed by atoms with Crippen LogP contribution in [0.25, 0.3) is 11.1 Å². The van der Waals surface area contributed by atoms with Crippen molar-refractivity contribution in [3.63, 3.8) is 0 Å². The number of carbonyl (C=O) groups is 1. The molecule has 0 aliphatic heterocycles. The molecule has 6 heteroatoms. The molecule has 1 amide bonds. The number of amides is 1. The van der Waals surface area contributed by atoms with Gasteiger partial charge in [-0.15, -0.1) is 0 Å². The van der Waals surface area contributed by atoms with Crippen LogP contribution in [0.5, 0.6) is 0 Å². The van der Waals surface area contributed by atoms with Gasteiger partial charge >= 0.3 is 5.76 Å². The van der Waals surface area contributed by atoms with Crippen LogP contribution in [0.15, 0.2) is 27.4 Å². The van der Waals surface area contributed by atoms with E-state index in [0.29, 0.717) is 16.1 Å². The van der Waals surface area contributed by atoms with Gasteiger partial charge in [-0.3, -0.25) is 9.36 Å². The standard InChI is InChI=1S/C14H17ClN2O3/c1-3-4-9(2)16-13(18)8-17-11-6-5-10(15)7-12(11)20-14(17)19/h5-7,9H,3-4,8H2,1-2H3,(H,16,18)/t9-/m0/s1. The Labute approximate surface area is 121 Å². The highest BCUT2D eigenvalue weighted by atomic mass is 35.5. The maximum absolute atomic E-state index is 11.9. The molecule has 1 aromatic heterocycles. The number of benzene rings is 1. The predicted octanol–water partition coefficient (Wildman–Crippen LogP) is 2.55. The van der Waals surface area contributed by atoms with Crippen LogP contribution in [0.1, 0.15) is 26.7 Å². The number of oxazole rings is 1. The van der Waals surface area contributed by atoms with E-state index in [4.69, 9.17) is 16.0 Å². The van der Waals surface area contributed by atoms with Crippen molar-refractivity contribution < 1.29 is 9.21 Å². The highest BCUT2D eigenvalue weighted by molar-refractivity contribution is 6.31. The van der Waals surface area contributed by atoms with Gasteiger partial charge in [0.05, 0.1) is 5.52 Å². The second-order valence-electron chi connectivity index (χ2n) is 4.82. The van der Waals surface area contributed by atoms with Crippen molar-refractivity contribution in [2.24, 2.45) is 0 Å². The van der Waals surface area contributed by atoms with E-state index in [9.17, 15) is 9.59 Å². The number of aromatic nitrogens is 1. The van der Waals surface area contributed by atoms with Gasteiger partial charge in [-0.05, 0) is 25.5 Å². The molecule has 0 saturated heterocycles. The lowest BCUT2D eigenvalue weighted by atomic mass is 10.2. The van der Waals surface area contributed by atoms with E-state index in [-0.39, 0.29) is 18.5 Å². The molecule has 0 fully saturated rings. The van der Waals surface area contributed by atoms with Gasteiger partial charge in [0, 0.05) is 17.1 Å². The van der Waals surface area contributed by atoms with E-state index < -0.39 is 5.76 Å². The molecule has 0 saturated carbocycles. The smallest absolute Gasteiger partial charge is 0.408 e. The normalized spacial score (nSPS) is 12.6. The molecule has 0 bridgehead atoms. The molecule has 2 rings (SSSR count). The summed E-state index contributed by atoms with van der Waals surface area (Å²) < 4.78 is 6.38. The molecule has 0 aliphatic rings. The molecule has 1 aromatic carbocycles. The molecule has 20 heavy (non-hydrogen) atoms. The number of nitrogens with one attached hydrogen (secondary N) is 1. The largest absolute Gasteiger partial charge is 0.420 e. The van der Waals surface area contributed by atoms with Crippen molar-refractivity contribution in [3.05, 3.63) is 33.8 Å². The van der Waals surface area contributed by atoms with Gasteiger partial charge in [0.2, 0.25) is 5.91 Å². The van der Waals surface area contributed by atoms with Gasteiger partial charge in [-0.25, -0.2) is 4.79 Å². The van der Waals surface area contributed by atoms with Crippen LogP contribution >= 0.6 is 11.6 Å². The summed E-state index contributed by atoms with van der Waals surface area (Å²) >= 11 is 5.84. The maximum atomic E-state index is 11.9. The number of nitrogens with zero attached hydrogens (tertiary/aromatic N) is 1. The summed E-state index contributed by atoms with van der Waals surface area (Å²) in [6.45, 7) is 3.94. The van der Waals surface area contributed by atoms with Gasteiger partial charge in [-0.1, -0.05) is 24.9 Å². The molecule has 0 spiro atoms.